The predicted octanol–water partition coefficient (Wildman–Crippen LogP) is 4.94. The first-order chi connectivity index (χ1) is 11.7. The molecule has 24 heavy (non-hydrogen) atoms. The van der Waals surface area contributed by atoms with E-state index in [4.69, 9.17) is 0 Å². The highest BCUT2D eigenvalue weighted by molar-refractivity contribution is 5.60. The second-order valence-electron chi connectivity index (χ2n) is 8.32. The number of nitrogens with one attached hydrogen (secondary N) is 1. The first-order valence-corrected chi connectivity index (χ1v) is 9.98. The van der Waals surface area contributed by atoms with Crippen molar-refractivity contribution in [2.45, 2.75) is 69.7 Å². The van der Waals surface area contributed by atoms with Gasteiger partial charge in [-0.25, -0.2) is 4.39 Å². The van der Waals surface area contributed by atoms with Crippen molar-refractivity contribution in [3.05, 3.63) is 29.6 Å². The second-order valence-corrected chi connectivity index (χ2v) is 8.32. The quantitative estimate of drug-likeness (QED) is 0.844. The van der Waals surface area contributed by atoms with Crippen molar-refractivity contribution in [3.63, 3.8) is 0 Å². The van der Waals surface area contributed by atoms with Gasteiger partial charge in [-0.15, -0.1) is 0 Å². The minimum atomic E-state index is -0.0894. The fourth-order valence-corrected chi connectivity index (χ4v) is 5.44. The molecule has 2 aliphatic heterocycles. The lowest BCUT2D eigenvalue weighted by Crippen LogP contribution is -2.48. The molecule has 1 saturated heterocycles. The molecule has 1 N–H and O–H groups in total. The summed E-state index contributed by atoms with van der Waals surface area (Å²) in [6.07, 6.45) is 10.7. The lowest BCUT2D eigenvalue weighted by molar-refractivity contribution is 0.0857. The Morgan fingerprint density at radius 2 is 1.92 bits per heavy atom. The van der Waals surface area contributed by atoms with Crippen LogP contribution >= 0.6 is 0 Å². The van der Waals surface area contributed by atoms with Crippen LogP contribution < -0.4 is 5.32 Å². The molecule has 132 valence electrons. The monoisotopic (exact) mass is 330 g/mol. The van der Waals surface area contributed by atoms with Crippen LogP contribution in [0.2, 0.25) is 0 Å². The van der Waals surface area contributed by atoms with Gasteiger partial charge in [-0.05, 0) is 81.3 Å². The number of halogens is 1. The Bertz CT molecular complexity index is 569. The topological polar surface area (TPSA) is 15.3 Å². The van der Waals surface area contributed by atoms with Gasteiger partial charge in [0.2, 0.25) is 0 Å². The maximum Gasteiger partial charge on any atom is 0.123 e. The van der Waals surface area contributed by atoms with Crippen molar-refractivity contribution in [1.82, 2.24) is 4.90 Å². The van der Waals surface area contributed by atoms with E-state index in [0.717, 1.165) is 24.2 Å². The van der Waals surface area contributed by atoms with Crippen molar-refractivity contribution < 1.29 is 4.39 Å². The molecule has 0 aromatic heterocycles. The molecule has 1 aliphatic carbocycles. The van der Waals surface area contributed by atoms with Gasteiger partial charge < -0.3 is 10.2 Å². The third kappa shape index (κ3) is 2.96. The smallest absolute Gasteiger partial charge is 0.123 e. The predicted molar refractivity (Wildman–Crippen MR) is 98.0 cm³/mol. The third-order valence-electron chi connectivity index (χ3n) is 6.95. The molecule has 1 spiro atoms. The van der Waals surface area contributed by atoms with Gasteiger partial charge in [0.05, 0.1) is 0 Å². The molecule has 1 saturated carbocycles. The van der Waals surface area contributed by atoms with Gasteiger partial charge in [-0.3, -0.25) is 0 Å². The zero-order valence-corrected chi connectivity index (χ0v) is 15.0. The Labute approximate surface area is 145 Å². The average Bonchev–Trinajstić information content (AvgIpc) is 2.95. The van der Waals surface area contributed by atoms with E-state index < -0.39 is 0 Å². The van der Waals surface area contributed by atoms with Crippen molar-refractivity contribution in [1.29, 1.82) is 0 Å². The van der Waals surface area contributed by atoms with Crippen molar-refractivity contribution >= 4 is 5.69 Å². The Balaban J connectivity index is 1.38. The largest absolute Gasteiger partial charge is 0.384 e. The van der Waals surface area contributed by atoms with Crippen LogP contribution in [-0.4, -0.2) is 30.6 Å². The average molecular weight is 330 g/mol. The molecule has 2 fully saturated rings. The number of hydrogen-bond donors (Lipinski definition) is 1. The van der Waals surface area contributed by atoms with Crippen molar-refractivity contribution in [2.24, 2.45) is 5.92 Å². The van der Waals surface area contributed by atoms with Crippen LogP contribution in [0.4, 0.5) is 10.1 Å². The highest BCUT2D eigenvalue weighted by Crippen LogP contribution is 2.45. The summed E-state index contributed by atoms with van der Waals surface area (Å²) in [5.41, 5.74) is 2.56. The summed E-state index contributed by atoms with van der Waals surface area (Å²) in [5.74, 6) is 0.893. The first kappa shape index (κ1) is 16.4. The van der Waals surface area contributed by atoms with E-state index in [-0.39, 0.29) is 11.2 Å². The molecular weight excluding hydrogens is 299 g/mol. The highest BCUT2D eigenvalue weighted by atomic mass is 19.1. The van der Waals surface area contributed by atoms with Gasteiger partial charge in [-0.2, -0.15) is 0 Å². The summed E-state index contributed by atoms with van der Waals surface area (Å²) in [5, 5.41) is 3.52. The molecule has 4 rings (SSSR count). The van der Waals surface area contributed by atoms with E-state index in [9.17, 15) is 4.39 Å². The highest BCUT2D eigenvalue weighted by Gasteiger charge is 2.42. The lowest BCUT2D eigenvalue weighted by atomic mass is 9.73. The van der Waals surface area contributed by atoms with Crippen LogP contribution in [0.3, 0.4) is 0 Å². The van der Waals surface area contributed by atoms with Gasteiger partial charge >= 0.3 is 0 Å². The van der Waals surface area contributed by atoms with Crippen LogP contribution in [0.1, 0.15) is 63.9 Å². The molecule has 1 aromatic carbocycles. The molecular formula is C21H31FN2. The van der Waals surface area contributed by atoms with E-state index >= 15 is 0 Å². The molecule has 0 unspecified atom stereocenters. The number of likely N-dealkylation sites (tertiary alicyclic amines) is 1. The molecule has 0 radical (unpaired) electrons. The van der Waals surface area contributed by atoms with Gasteiger partial charge in [0.25, 0.3) is 0 Å². The normalized spacial score (nSPS) is 29.4. The molecule has 3 aliphatic rings. The summed E-state index contributed by atoms with van der Waals surface area (Å²) in [6.45, 7) is 5.66. The van der Waals surface area contributed by atoms with Gasteiger partial charge in [-0.1, -0.05) is 19.8 Å². The summed E-state index contributed by atoms with van der Waals surface area (Å²) >= 11 is 0. The molecule has 1 aromatic rings. The summed E-state index contributed by atoms with van der Waals surface area (Å²) in [4.78, 5) is 2.74. The Morgan fingerprint density at radius 1 is 1.17 bits per heavy atom. The van der Waals surface area contributed by atoms with Crippen LogP contribution in [0.5, 0.6) is 0 Å². The third-order valence-corrected chi connectivity index (χ3v) is 6.95. The Kier molecular flexibility index (Phi) is 4.55. The van der Waals surface area contributed by atoms with Gasteiger partial charge in [0, 0.05) is 23.7 Å². The van der Waals surface area contributed by atoms with Crippen LogP contribution in [0.25, 0.3) is 0 Å². The standard InChI is InChI=1S/C21H31FN2/c1-2-3-16-4-7-18(8-5-16)24-12-10-21(11-13-24)15-23-20-9-6-17(22)14-19(20)21/h6,9,14,16,18,23H,2-5,7-8,10-13,15H2,1H3. The molecule has 2 nitrogen and oxygen atoms in total. The lowest BCUT2D eigenvalue weighted by Gasteiger charge is -2.44. The van der Waals surface area contributed by atoms with Crippen LogP contribution in [0.15, 0.2) is 18.2 Å². The van der Waals surface area contributed by atoms with E-state index in [2.05, 4.69) is 17.1 Å². The second kappa shape index (κ2) is 6.67. The molecule has 0 amide bonds. The zero-order chi connectivity index (χ0) is 16.6. The van der Waals surface area contributed by atoms with E-state index in [1.807, 2.05) is 6.07 Å². The summed E-state index contributed by atoms with van der Waals surface area (Å²) in [7, 11) is 0. The minimum Gasteiger partial charge on any atom is -0.384 e. The van der Waals surface area contributed by atoms with Crippen molar-refractivity contribution in [3.8, 4) is 0 Å². The number of anilines is 1. The minimum absolute atomic E-state index is 0.0894. The number of hydrogen-bond acceptors (Lipinski definition) is 2. The molecule has 3 heteroatoms. The maximum atomic E-state index is 13.7. The van der Waals surface area contributed by atoms with E-state index in [1.54, 1.807) is 12.1 Å². The Hall–Kier alpha value is -1.09. The summed E-state index contributed by atoms with van der Waals surface area (Å²) in [6, 6.07) is 6.08. The van der Waals surface area contributed by atoms with Crippen LogP contribution in [-0.2, 0) is 5.41 Å². The number of fused-ring (bicyclic) bond motifs is 2. The SMILES string of the molecule is CCCC1CCC(N2CCC3(CC2)CNc2ccc(F)cc23)CC1. The number of piperidine rings is 1. The number of rotatable bonds is 3. The number of benzene rings is 1. The fourth-order valence-electron chi connectivity index (χ4n) is 5.44. The zero-order valence-electron chi connectivity index (χ0n) is 15.0. The molecule has 0 bridgehead atoms. The van der Waals surface area contributed by atoms with E-state index in [1.165, 1.54) is 70.0 Å². The summed E-state index contributed by atoms with van der Waals surface area (Å²) < 4.78 is 13.7. The van der Waals surface area contributed by atoms with Gasteiger partial charge in [0.15, 0.2) is 0 Å². The molecule has 0 atom stereocenters. The number of nitrogens with zero attached hydrogens (tertiary/aromatic N) is 1. The maximum absolute atomic E-state index is 13.7. The van der Waals surface area contributed by atoms with E-state index in [0.29, 0.717) is 0 Å². The molecule has 2 heterocycles. The first-order valence-electron chi connectivity index (χ1n) is 9.98. The fraction of sp³-hybridized carbons (Fsp3) is 0.714. The van der Waals surface area contributed by atoms with Crippen LogP contribution in [0, 0.1) is 11.7 Å². The Morgan fingerprint density at radius 3 is 2.62 bits per heavy atom. The van der Waals surface area contributed by atoms with Gasteiger partial charge in [0.1, 0.15) is 5.82 Å². The van der Waals surface area contributed by atoms with Crippen molar-refractivity contribution in [2.75, 3.05) is 25.0 Å².